The van der Waals surface area contributed by atoms with Gasteiger partial charge >= 0.3 is 0 Å². The first-order chi connectivity index (χ1) is 11.6. The van der Waals surface area contributed by atoms with Gasteiger partial charge in [0.2, 0.25) is 0 Å². The van der Waals surface area contributed by atoms with E-state index in [1.54, 1.807) is 0 Å². The number of hydrogen-bond acceptors (Lipinski definition) is 1. The Labute approximate surface area is 144 Å². The lowest BCUT2D eigenvalue weighted by Crippen LogP contribution is -1.99. The highest BCUT2D eigenvalue weighted by Crippen LogP contribution is 2.31. The number of phenolic OH excluding ortho intramolecular Hbond substituents is 1. The van der Waals surface area contributed by atoms with Crippen molar-refractivity contribution in [3.63, 3.8) is 0 Å². The average Bonchev–Trinajstić information content (AvgIpc) is 2.60. The highest BCUT2D eigenvalue weighted by molar-refractivity contribution is 5.48. The third kappa shape index (κ3) is 3.86. The Bertz CT molecular complexity index is 726. The first-order valence-electron chi connectivity index (χ1n) is 8.56. The van der Waals surface area contributed by atoms with E-state index in [-0.39, 0.29) is 0 Å². The van der Waals surface area contributed by atoms with E-state index in [9.17, 15) is 5.11 Å². The van der Waals surface area contributed by atoms with Crippen LogP contribution < -0.4 is 0 Å². The first-order valence-corrected chi connectivity index (χ1v) is 8.56. The van der Waals surface area contributed by atoms with E-state index in [2.05, 4.69) is 50.2 Å². The van der Waals surface area contributed by atoms with E-state index in [4.69, 9.17) is 0 Å². The predicted octanol–water partition coefficient (Wildman–Crippen LogP) is 5.70. The molecule has 0 aliphatic rings. The first kappa shape index (κ1) is 16.3. The normalized spacial score (nSPS) is 11.0. The summed E-state index contributed by atoms with van der Waals surface area (Å²) < 4.78 is 0. The van der Waals surface area contributed by atoms with E-state index >= 15 is 0 Å². The fourth-order valence-corrected chi connectivity index (χ4v) is 3.02. The molecule has 0 aromatic heterocycles. The highest BCUT2D eigenvalue weighted by atomic mass is 16.3. The maximum absolute atomic E-state index is 10.8. The summed E-state index contributed by atoms with van der Waals surface area (Å²) >= 11 is 0. The van der Waals surface area contributed by atoms with Gasteiger partial charge in [0.15, 0.2) is 0 Å². The van der Waals surface area contributed by atoms with Crippen LogP contribution in [0.2, 0.25) is 0 Å². The Kier molecular flexibility index (Phi) is 5.00. The number of phenols is 1. The summed E-state index contributed by atoms with van der Waals surface area (Å²) in [5, 5.41) is 10.8. The lowest BCUT2D eigenvalue weighted by molar-refractivity contribution is 0.463. The molecule has 0 amide bonds. The van der Waals surface area contributed by atoms with Gasteiger partial charge in [-0.3, -0.25) is 0 Å². The van der Waals surface area contributed by atoms with Crippen LogP contribution in [-0.4, -0.2) is 5.11 Å². The van der Waals surface area contributed by atoms with E-state index in [1.807, 2.05) is 36.4 Å². The van der Waals surface area contributed by atoms with Gasteiger partial charge in [0, 0.05) is 12.8 Å². The summed E-state index contributed by atoms with van der Waals surface area (Å²) in [5.74, 6) is 0.877. The van der Waals surface area contributed by atoms with Crippen molar-refractivity contribution in [2.24, 2.45) is 0 Å². The van der Waals surface area contributed by atoms with Crippen molar-refractivity contribution in [3.8, 4) is 5.75 Å². The van der Waals surface area contributed by atoms with Crippen LogP contribution in [0, 0.1) is 0 Å². The zero-order chi connectivity index (χ0) is 16.9. The third-order valence-electron chi connectivity index (χ3n) is 4.43. The molecule has 0 radical (unpaired) electrons. The fourth-order valence-electron chi connectivity index (χ4n) is 3.02. The molecule has 0 saturated carbocycles. The molecule has 3 rings (SSSR count). The van der Waals surface area contributed by atoms with Gasteiger partial charge in [-0.15, -0.1) is 0 Å². The summed E-state index contributed by atoms with van der Waals surface area (Å²) in [6, 6.07) is 25.0. The van der Waals surface area contributed by atoms with Crippen molar-refractivity contribution in [1.29, 1.82) is 0 Å². The van der Waals surface area contributed by atoms with E-state index in [0.717, 1.165) is 24.0 Å². The van der Waals surface area contributed by atoms with Gasteiger partial charge in [-0.2, -0.15) is 0 Å². The molecule has 0 spiro atoms. The van der Waals surface area contributed by atoms with Crippen LogP contribution >= 0.6 is 0 Å². The average molecular weight is 316 g/mol. The largest absolute Gasteiger partial charge is 0.507 e. The summed E-state index contributed by atoms with van der Waals surface area (Å²) in [7, 11) is 0. The predicted molar refractivity (Wildman–Crippen MR) is 101 cm³/mol. The number of rotatable bonds is 5. The summed E-state index contributed by atoms with van der Waals surface area (Å²) in [6.07, 6.45) is 1.52. The van der Waals surface area contributed by atoms with Crippen molar-refractivity contribution in [2.45, 2.75) is 32.6 Å². The molecule has 1 N–H and O–H groups in total. The molecule has 3 aromatic rings. The molecule has 0 aliphatic heterocycles. The van der Waals surface area contributed by atoms with Gasteiger partial charge in [0.25, 0.3) is 0 Å². The standard InChI is InChI=1S/C23H24O/c1-17(2)20-15-21(13-18-9-5-3-6-10-18)23(24)22(16-20)14-19-11-7-4-8-12-19/h3-12,15-17,24H,13-14H2,1-2H3. The summed E-state index contributed by atoms with van der Waals surface area (Å²) in [4.78, 5) is 0. The molecule has 1 heteroatoms. The molecule has 0 saturated heterocycles. The van der Waals surface area contributed by atoms with Gasteiger partial charge in [-0.25, -0.2) is 0 Å². The molecule has 0 aliphatic carbocycles. The molecule has 1 nitrogen and oxygen atoms in total. The number of hydrogen-bond donors (Lipinski definition) is 1. The second kappa shape index (κ2) is 7.35. The molecule has 122 valence electrons. The Morgan fingerprint density at radius 3 is 1.50 bits per heavy atom. The maximum Gasteiger partial charge on any atom is 0.122 e. The fraction of sp³-hybridized carbons (Fsp3) is 0.217. The highest BCUT2D eigenvalue weighted by Gasteiger charge is 2.13. The number of aromatic hydroxyl groups is 1. The van der Waals surface area contributed by atoms with Gasteiger partial charge in [-0.1, -0.05) is 86.6 Å². The molecular formula is C23H24O. The molecule has 0 fully saturated rings. The van der Waals surface area contributed by atoms with E-state index < -0.39 is 0 Å². The maximum atomic E-state index is 10.8. The van der Waals surface area contributed by atoms with E-state index in [1.165, 1.54) is 16.7 Å². The van der Waals surface area contributed by atoms with Gasteiger partial charge < -0.3 is 5.11 Å². The van der Waals surface area contributed by atoms with Crippen LogP contribution in [0.4, 0.5) is 0 Å². The quantitative estimate of drug-likeness (QED) is 0.640. The lowest BCUT2D eigenvalue weighted by atomic mass is 9.91. The molecule has 0 bridgehead atoms. The van der Waals surface area contributed by atoms with Crippen LogP contribution in [0.3, 0.4) is 0 Å². The van der Waals surface area contributed by atoms with Crippen molar-refractivity contribution < 1.29 is 5.11 Å². The van der Waals surface area contributed by atoms with Gasteiger partial charge in [0.05, 0.1) is 0 Å². The minimum Gasteiger partial charge on any atom is -0.507 e. The molecule has 0 unspecified atom stereocenters. The second-order valence-corrected chi connectivity index (χ2v) is 6.67. The van der Waals surface area contributed by atoms with Crippen molar-refractivity contribution in [2.75, 3.05) is 0 Å². The number of benzene rings is 3. The van der Waals surface area contributed by atoms with Crippen LogP contribution in [0.15, 0.2) is 72.8 Å². The van der Waals surface area contributed by atoms with Gasteiger partial charge in [0.1, 0.15) is 5.75 Å². The SMILES string of the molecule is CC(C)c1cc(Cc2ccccc2)c(O)c(Cc2ccccc2)c1. The minimum atomic E-state index is 0.437. The molecule has 24 heavy (non-hydrogen) atoms. The Morgan fingerprint density at radius 1 is 0.708 bits per heavy atom. The molecule has 0 heterocycles. The van der Waals surface area contributed by atoms with Crippen LogP contribution in [-0.2, 0) is 12.8 Å². The van der Waals surface area contributed by atoms with Gasteiger partial charge in [-0.05, 0) is 33.7 Å². The smallest absolute Gasteiger partial charge is 0.122 e. The summed E-state index contributed by atoms with van der Waals surface area (Å²) in [6.45, 7) is 4.40. The van der Waals surface area contributed by atoms with Crippen LogP contribution in [0.1, 0.15) is 47.6 Å². The zero-order valence-electron chi connectivity index (χ0n) is 14.4. The minimum absolute atomic E-state index is 0.437. The monoisotopic (exact) mass is 316 g/mol. The molecule has 3 aromatic carbocycles. The molecular weight excluding hydrogens is 292 g/mol. The zero-order valence-corrected chi connectivity index (χ0v) is 14.4. The Hall–Kier alpha value is -2.54. The lowest BCUT2D eigenvalue weighted by Gasteiger charge is -2.15. The molecule has 0 atom stereocenters. The topological polar surface area (TPSA) is 20.2 Å². The van der Waals surface area contributed by atoms with Crippen molar-refractivity contribution in [1.82, 2.24) is 0 Å². The Morgan fingerprint density at radius 2 is 1.12 bits per heavy atom. The third-order valence-corrected chi connectivity index (χ3v) is 4.43. The summed E-state index contributed by atoms with van der Waals surface area (Å²) in [5.41, 5.74) is 5.75. The van der Waals surface area contributed by atoms with Crippen molar-refractivity contribution in [3.05, 3.63) is 101 Å². The second-order valence-electron chi connectivity index (χ2n) is 6.67. The van der Waals surface area contributed by atoms with Crippen molar-refractivity contribution >= 4 is 0 Å². The van der Waals surface area contributed by atoms with Crippen LogP contribution in [0.5, 0.6) is 5.75 Å². The Balaban J connectivity index is 1.98. The van der Waals surface area contributed by atoms with E-state index in [0.29, 0.717) is 11.7 Å². The van der Waals surface area contributed by atoms with Crippen LogP contribution in [0.25, 0.3) is 0 Å².